The first-order chi connectivity index (χ1) is 12.7. The fraction of sp³-hybridized carbons (Fsp3) is 0.957. The molecular weight excluding hydrogens is 320 g/mol. The van der Waals surface area contributed by atoms with Gasteiger partial charge in [0.05, 0.1) is 0 Å². The number of hydrogen-bond donors (Lipinski definition) is 1. The summed E-state index contributed by atoms with van der Waals surface area (Å²) in [6.07, 6.45) is 24.7. The molecule has 1 rings (SSSR count). The Labute approximate surface area is 164 Å². The molecule has 0 bridgehead atoms. The smallest absolute Gasteiger partial charge is 0.222 e. The van der Waals surface area contributed by atoms with Crippen LogP contribution in [0.3, 0.4) is 0 Å². The van der Waals surface area contributed by atoms with Crippen molar-refractivity contribution >= 4 is 5.91 Å². The Morgan fingerprint density at radius 1 is 0.731 bits per heavy atom. The van der Waals surface area contributed by atoms with E-state index in [9.17, 15) is 4.79 Å². The van der Waals surface area contributed by atoms with E-state index in [0.717, 1.165) is 25.9 Å². The van der Waals surface area contributed by atoms with E-state index in [1.165, 1.54) is 103 Å². The lowest BCUT2D eigenvalue weighted by Gasteiger charge is -2.03. The Hall–Kier alpha value is -0.570. The zero-order valence-electron chi connectivity index (χ0n) is 18.1. The molecule has 2 N–H and O–H groups in total. The largest absolute Gasteiger partial charge is 0.346 e. The van der Waals surface area contributed by atoms with Crippen molar-refractivity contribution < 1.29 is 4.79 Å². The normalized spacial score (nSPS) is 13.8. The Bertz CT molecular complexity index is 278. The van der Waals surface area contributed by atoms with Crippen molar-refractivity contribution in [3.63, 3.8) is 0 Å². The van der Waals surface area contributed by atoms with Gasteiger partial charge in [0.2, 0.25) is 5.91 Å². The molecule has 0 aromatic heterocycles. The van der Waals surface area contributed by atoms with Gasteiger partial charge in [-0.3, -0.25) is 4.79 Å². The highest BCUT2D eigenvalue weighted by Gasteiger charge is 2.14. The van der Waals surface area contributed by atoms with Crippen molar-refractivity contribution in [2.24, 2.45) is 5.73 Å². The highest BCUT2D eigenvalue weighted by atomic mass is 16.2. The third-order valence-electron chi connectivity index (χ3n) is 5.37. The number of hydrogen-bond acceptors (Lipinski definition) is 2. The summed E-state index contributed by atoms with van der Waals surface area (Å²) in [6.45, 7) is 4.12. The van der Waals surface area contributed by atoms with Crippen molar-refractivity contribution in [3.8, 4) is 0 Å². The monoisotopic (exact) mass is 368 g/mol. The first-order valence-electron chi connectivity index (χ1n) is 11.7. The SMILES string of the molecule is CCCCCCCCCCCCCCCCCCN.CN1CCCC1=O. The van der Waals surface area contributed by atoms with Crippen LogP contribution in [0.15, 0.2) is 0 Å². The lowest BCUT2D eigenvalue weighted by molar-refractivity contribution is -0.126. The average molecular weight is 369 g/mol. The predicted molar refractivity (Wildman–Crippen MR) is 115 cm³/mol. The van der Waals surface area contributed by atoms with Crippen LogP contribution in [0.5, 0.6) is 0 Å². The van der Waals surface area contributed by atoms with Crippen molar-refractivity contribution in [2.45, 2.75) is 122 Å². The number of carbonyl (C=O) groups excluding carboxylic acids is 1. The standard InChI is InChI=1S/C18H39N.C5H9NO/c1-2-3-4-5-6-7-8-9-10-11-12-13-14-15-16-17-18-19;1-6-4-2-3-5(6)7/h2-19H2,1H3;2-4H2,1H3. The molecule has 1 aliphatic heterocycles. The Morgan fingerprint density at radius 3 is 1.35 bits per heavy atom. The zero-order valence-corrected chi connectivity index (χ0v) is 18.1. The summed E-state index contributed by atoms with van der Waals surface area (Å²) in [5.41, 5.74) is 5.48. The molecule has 0 aliphatic carbocycles. The van der Waals surface area contributed by atoms with Gasteiger partial charge in [0.15, 0.2) is 0 Å². The minimum absolute atomic E-state index is 0.292. The van der Waals surface area contributed by atoms with Crippen molar-refractivity contribution in [1.29, 1.82) is 0 Å². The second kappa shape index (κ2) is 20.7. The van der Waals surface area contributed by atoms with Gasteiger partial charge >= 0.3 is 0 Å². The first-order valence-corrected chi connectivity index (χ1v) is 11.7. The summed E-state index contributed by atoms with van der Waals surface area (Å²) in [7, 11) is 1.84. The summed E-state index contributed by atoms with van der Waals surface area (Å²) < 4.78 is 0. The van der Waals surface area contributed by atoms with E-state index in [0.29, 0.717) is 5.91 Å². The van der Waals surface area contributed by atoms with Gasteiger partial charge in [-0.05, 0) is 19.4 Å². The van der Waals surface area contributed by atoms with Gasteiger partial charge in [0, 0.05) is 20.0 Å². The van der Waals surface area contributed by atoms with E-state index < -0.39 is 0 Å². The number of amides is 1. The highest BCUT2D eigenvalue weighted by Crippen LogP contribution is 2.13. The summed E-state index contributed by atoms with van der Waals surface area (Å²) in [6, 6.07) is 0. The summed E-state index contributed by atoms with van der Waals surface area (Å²) in [4.78, 5) is 12.3. The van der Waals surface area contributed by atoms with Crippen molar-refractivity contribution in [1.82, 2.24) is 4.90 Å². The number of unbranched alkanes of at least 4 members (excludes halogenated alkanes) is 15. The molecule has 0 aromatic carbocycles. The summed E-state index contributed by atoms with van der Waals surface area (Å²) in [5, 5.41) is 0. The van der Waals surface area contributed by atoms with E-state index in [-0.39, 0.29) is 0 Å². The fourth-order valence-electron chi connectivity index (χ4n) is 3.48. The number of rotatable bonds is 16. The summed E-state index contributed by atoms with van der Waals surface area (Å²) in [5.74, 6) is 0.292. The number of nitrogens with zero attached hydrogens (tertiary/aromatic N) is 1. The predicted octanol–water partition coefficient (Wildman–Crippen LogP) is 6.45. The average Bonchev–Trinajstić information content (AvgIpc) is 3.02. The maximum absolute atomic E-state index is 10.5. The summed E-state index contributed by atoms with van der Waals surface area (Å²) >= 11 is 0. The molecule has 156 valence electrons. The van der Waals surface area contributed by atoms with Crippen LogP contribution in [0.4, 0.5) is 0 Å². The van der Waals surface area contributed by atoms with E-state index in [4.69, 9.17) is 5.73 Å². The van der Waals surface area contributed by atoms with Crippen LogP contribution in [0, 0.1) is 0 Å². The van der Waals surface area contributed by atoms with Gasteiger partial charge in [-0.15, -0.1) is 0 Å². The number of nitrogens with two attached hydrogens (primary N) is 1. The molecule has 0 aromatic rings. The van der Waals surface area contributed by atoms with Crippen LogP contribution in [-0.4, -0.2) is 30.9 Å². The quantitative estimate of drug-likeness (QED) is 0.318. The molecule has 1 heterocycles. The van der Waals surface area contributed by atoms with E-state index in [1.54, 1.807) is 4.90 Å². The zero-order chi connectivity index (χ0) is 19.3. The molecule has 1 amide bonds. The van der Waals surface area contributed by atoms with Gasteiger partial charge < -0.3 is 10.6 Å². The Balaban J connectivity index is 0.000000735. The van der Waals surface area contributed by atoms with Gasteiger partial charge in [0.25, 0.3) is 0 Å². The second-order valence-electron chi connectivity index (χ2n) is 8.01. The van der Waals surface area contributed by atoms with Gasteiger partial charge in [-0.1, -0.05) is 103 Å². The molecule has 3 nitrogen and oxygen atoms in total. The molecule has 26 heavy (non-hydrogen) atoms. The molecule has 1 fully saturated rings. The topological polar surface area (TPSA) is 46.3 Å². The lowest BCUT2D eigenvalue weighted by atomic mass is 10.0. The maximum Gasteiger partial charge on any atom is 0.222 e. The molecule has 0 saturated carbocycles. The van der Waals surface area contributed by atoms with Crippen molar-refractivity contribution in [2.75, 3.05) is 20.1 Å². The lowest BCUT2D eigenvalue weighted by Crippen LogP contribution is -2.17. The molecule has 0 atom stereocenters. The molecule has 1 saturated heterocycles. The van der Waals surface area contributed by atoms with Crippen LogP contribution >= 0.6 is 0 Å². The maximum atomic E-state index is 10.5. The fourth-order valence-corrected chi connectivity index (χ4v) is 3.48. The van der Waals surface area contributed by atoms with Crippen molar-refractivity contribution in [3.05, 3.63) is 0 Å². The third-order valence-corrected chi connectivity index (χ3v) is 5.37. The van der Waals surface area contributed by atoms with Crippen LogP contribution in [0.1, 0.15) is 122 Å². The molecule has 3 heteroatoms. The third kappa shape index (κ3) is 18.2. The van der Waals surface area contributed by atoms with Gasteiger partial charge in [0.1, 0.15) is 0 Å². The molecule has 1 aliphatic rings. The minimum atomic E-state index is 0.292. The van der Waals surface area contributed by atoms with Crippen LogP contribution in [0.2, 0.25) is 0 Å². The second-order valence-corrected chi connectivity index (χ2v) is 8.01. The van der Waals surface area contributed by atoms with E-state index in [1.807, 2.05) is 7.05 Å². The van der Waals surface area contributed by atoms with Crippen LogP contribution < -0.4 is 5.73 Å². The molecule has 0 unspecified atom stereocenters. The highest BCUT2D eigenvalue weighted by molar-refractivity contribution is 5.77. The number of carbonyl (C=O) groups is 1. The van der Waals surface area contributed by atoms with Gasteiger partial charge in [-0.2, -0.15) is 0 Å². The first kappa shape index (κ1) is 25.4. The minimum Gasteiger partial charge on any atom is -0.346 e. The van der Waals surface area contributed by atoms with Crippen LogP contribution in [-0.2, 0) is 4.79 Å². The molecule has 0 radical (unpaired) electrons. The van der Waals surface area contributed by atoms with E-state index >= 15 is 0 Å². The number of likely N-dealkylation sites (tertiary alicyclic amines) is 1. The van der Waals surface area contributed by atoms with Gasteiger partial charge in [-0.25, -0.2) is 0 Å². The van der Waals surface area contributed by atoms with Crippen LogP contribution in [0.25, 0.3) is 0 Å². The Kier molecular flexibility index (Phi) is 20.3. The van der Waals surface area contributed by atoms with E-state index in [2.05, 4.69) is 6.92 Å². The molecular formula is C23H48N2O. The molecule has 0 spiro atoms. The Morgan fingerprint density at radius 2 is 1.12 bits per heavy atom.